The third-order valence-electron chi connectivity index (χ3n) is 2.15. The molecule has 0 amide bonds. The average molecular weight is 240 g/mol. The zero-order valence-corrected chi connectivity index (χ0v) is 10.7. The molecule has 0 aliphatic carbocycles. The van der Waals surface area contributed by atoms with E-state index in [1.807, 2.05) is 0 Å². The molecule has 5 heteroatoms. The van der Waals surface area contributed by atoms with Crippen molar-refractivity contribution < 1.29 is 38.3 Å². The first-order chi connectivity index (χ1) is 8.06. The standard InChI is InChI=1S/C13H14O4.Li/c1-3-17-13(16)12(15)8-11(14)10-7-5-4-6-9(10)2;/h4-8,15H,3H2,1-2H3;/q;+1/p-1/b12-8+;. The number of hydrogen-bond donors (Lipinski definition) is 0. The van der Waals surface area contributed by atoms with E-state index in [2.05, 4.69) is 4.74 Å². The van der Waals surface area contributed by atoms with Gasteiger partial charge in [-0.3, -0.25) is 4.79 Å². The third kappa shape index (κ3) is 4.40. The van der Waals surface area contributed by atoms with E-state index in [0.29, 0.717) is 5.56 Å². The zero-order chi connectivity index (χ0) is 12.8. The summed E-state index contributed by atoms with van der Waals surface area (Å²) >= 11 is 0. The predicted octanol–water partition coefficient (Wildman–Crippen LogP) is -2.01. The Hall–Kier alpha value is -1.50. The van der Waals surface area contributed by atoms with Crippen LogP contribution >= 0.6 is 0 Å². The van der Waals surface area contributed by atoms with E-state index in [1.165, 1.54) is 0 Å². The van der Waals surface area contributed by atoms with Crippen molar-refractivity contribution in [2.45, 2.75) is 13.8 Å². The van der Waals surface area contributed by atoms with Crippen LogP contribution in [0.25, 0.3) is 0 Å². The quantitative estimate of drug-likeness (QED) is 0.200. The van der Waals surface area contributed by atoms with Crippen molar-refractivity contribution in [2.24, 2.45) is 0 Å². The van der Waals surface area contributed by atoms with E-state index in [1.54, 1.807) is 38.1 Å². The summed E-state index contributed by atoms with van der Waals surface area (Å²) in [6, 6.07) is 6.85. The molecule has 0 spiro atoms. The van der Waals surface area contributed by atoms with E-state index < -0.39 is 17.5 Å². The van der Waals surface area contributed by atoms with Gasteiger partial charge in [-0.2, -0.15) is 0 Å². The second-order valence-electron chi connectivity index (χ2n) is 3.41. The van der Waals surface area contributed by atoms with Gasteiger partial charge in [0, 0.05) is 5.56 Å². The monoisotopic (exact) mass is 240 g/mol. The summed E-state index contributed by atoms with van der Waals surface area (Å²) in [5, 5.41) is 11.3. The maximum absolute atomic E-state index is 11.7. The minimum atomic E-state index is -1.01. The van der Waals surface area contributed by atoms with Gasteiger partial charge in [0.25, 0.3) is 0 Å². The van der Waals surface area contributed by atoms with E-state index >= 15 is 0 Å². The summed E-state index contributed by atoms with van der Waals surface area (Å²) in [6.45, 7) is 3.46. The topological polar surface area (TPSA) is 66.4 Å². The normalized spacial score (nSPS) is 10.4. The number of ketones is 1. The second kappa shape index (κ2) is 7.75. The summed E-state index contributed by atoms with van der Waals surface area (Å²) < 4.78 is 4.50. The van der Waals surface area contributed by atoms with Gasteiger partial charge in [-0.05, 0) is 31.2 Å². The minimum absolute atomic E-state index is 0. The molecule has 1 rings (SSSR count). The van der Waals surface area contributed by atoms with Gasteiger partial charge in [-0.1, -0.05) is 24.3 Å². The van der Waals surface area contributed by atoms with Crippen molar-refractivity contribution in [2.75, 3.05) is 6.61 Å². The number of benzene rings is 1. The van der Waals surface area contributed by atoms with Gasteiger partial charge in [0.1, 0.15) is 0 Å². The van der Waals surface area contributed by atoms with Crippen molar-refractivity contribution in [1.82, 2.24) is 0 Å². The summed E-state index contributed by atoms with van der Waals surface area (Å²) in [5.41, 5.74) is 1.16. The van der Waals surface area contributed by atoms with Gasteiger partial charge in [0.05, 0.1) is 6.61 Å². The van der Waals surface area contributed by atoms with Crippen LogP contribution in [0.5, 0.6) is 0 Å². The Morgan fingerprint density at radius 2 is 1.94 bits per heavy atom. The van der Waals surface area contributed by atoms with Crippen LogP contribution in [0.15, 0.2) is 36.1 Å². The molecule has 0 heterocycles. The molecule has 0 aliphatic rings. The molecular weight excluding hydrogens is 227 g/mol. The summed E-state index contributed by atoms with van der Waals surface area (Å²) in [5.74, 6) is -2.42. The fourth-order valence-corrected chi connectivity index (χ4v) is 1.31. The summed E-state index contributed by atoms with van der Waals surface area (Å²) in [4.78, 5) is 22.7. The summed E-state index contributed by atoms with van der Waals surface area (Å²) in [7, 11) is 0. The van der Waals surface area contributed by atoms with Crippen molar-refractivity contribution in [3.05, 3.63) is 47.2 Å². The second-order valence-corrected chi connectivity index (χ2v) is 3.41. The average Bonchev–Trinajstić information content (AvgIpc) is 2.29. The van der Waals surface area contributed by atoms with Crippen molar-refractivity contribution in [3.8, 4) is 0 Å². The van der Waals surface area contributed by atoms with Crippen LogP contribution in [0.3, 0.4) is 0 Å². The van der Waals surface area contributed by atoms with Gasteiger partial charge >= 0.3 is 24.8 Å². The van der Waals surface area contributed by atoms with Crippen LogP contribution in [0, 0.1) is 6.92 Å². The molecule has 0 N–H and O–H groups in total. The van der Waals surface area contributed by atoms with Crippen molar-refractivity contribution >= 4 is 11.8 Å². The number of aryl methyl sites for hydroxylation is 1. The SMILES string of the molecule is CCOC(=O)/C([O-])=C\C(=O)c1ccccc1C.[Li+]. The Labute approximate surface area is 118 Å². The van der Waals surface area contributed by atoms with E-state index in [4.69, 9.17) is 0 Å². The van der Waals surface area contributed by atoms with Gasteiger partial charge in [0.2, 0.25) is 0 Å². The van der Waals surface area contributed by atoms with Crippen LogP contribution in [0.4, 0.5) is 0 Å². The Balaban J connectivity index is 0.00000289. The fraction of sp³-hybridized carbons (Fsp3) is 0.231. The Bertz CT molecular complexity index is 466. The minimum Gasteiger partial charge on any atom is -0.867 e. The number of rotatable bonds is 4. The molecule has 90 valence electrons. The van der Waals surface area contributed by atoms with E-state index in [0.717, 1.165) is 11.6 Å². The maximum atomic E-state index is 11.7. The van der Waals surface area contributed by atoms with Crippen LogP contribution in [0.2, 0.25) is 0 Å². The zero-order valence-electron chi connectivity index (χ0n) is 10.7. The van der Waals surface area contributed by atoms with E-state index in [9.17, 15) is 14.7 Å². The molecule has 4 nitrogen and oxygen atoms in total. The number of hydrogen-bond acceptors (Lipinski definition) is 4. The van der Waals surface area contributed by atoms with Gasteiger partial charge in [-0.25, -0.2) is 4.79 Å². The maximum Gasteiger partial charge on any atom is 1.00 e. The van der Waals surface area contributed by atoms with Gasteiger partial charge in [-0.15, -0.1) is 0 Å². The first kappa shape index (κ1) is 16.5. The molecule has 0 atom stereocenters. The number of esters is 1. The smallest absolute Gasteiger partial charge is 0.867 e. The molecule has 0 aliphatic heterocycles. The first-order valence-corrected chi connectivity index (χ1v) is 5.22. The largest absolute Gasteiger partial charge is 1.00 e. The van der Waals surface area contributed by atoms with Crippen LogP contribution in [0.1, 0.15) is 22.8 Å². The molecular formula is C13H13LiO4. The molecule has 0 radical (unpaired) electrons. The molecule has 0 bridgehead atoms. The molecule has 18 heavy (non-hydrogen) atoms. The van der Waals surface area contributed by atoms with Gasteiger partial charge < -0.3 is 9.84 Å². The van der Waals surface area contributed by atoms with Crippen LogP contribution < -0.4 is 24.0 Å². The molecule has 1 aromatic carbocycles. The molecule has 0 saturated carbocycles. The number of carbonyl (C=O) groups is 2. The molecule has 0 fully saturated rings. The summed E-state index contributed by atoms with van der Waals surface area (Å²) in [6.07, 6.45) is 0.764. The van der Waals surface area contributed by atoms with Crippen molar-refractivity contribution in [1.29, 1.82) is 0 Å². The number of carbonyl (C=O) groups excluding carboxylic acids is 2. The number of ether oxygens (including phenoxy) is 1. The van der Waals surface area contributed by atoms with Crippen molar-refractivity contribution in [3.63, 3.8) is 0 Å². The van der Waals surface area contributed by atoms with Crippen LogP contribution in [-0.4, -0.2) is 18.4 Å². The third-order valence-corrected chi connectivity index (χ3v) is 2.15. The first-order valence-electron chi connectivity index (χ1n) is 5.22. The van der Waals surface area contributed by atoms with Gasteiger partial charge in [0.15, 0.2) is 5.78 Å². The predicted molar refractivity (Wildman–Crippen MR) is 60.2 cm³/mol. The number of allylic oxidation sites excluding steroid dienone is 1. The molecule has 0 saturated heterocycles. The Kier molecular flexibility index (Phi) is 7.11. The van der Waals surface area contributed by atoms with E-state index in [-0.39, 0.29) is 25.5 Å². The molecule has 0 aromatic heterocycles. The molecule has 1 aromatic rings. The van der Waals surface area contributed by atoms with Crippen LogP contribution in [-0.2, 0) is 9.53 Å². The Morgan fingerprint density at radius 1 is 1.33 bits per heavy atom. The molecule has 0 unspecified atom stereocenters. The Morgan fingerprint density at radius 3 is 2.50 bits per heavy atom. The fourth-order valence-electron chi connectivity index (χ4n) is 1.31.